The molecule has 2 aliphatic heterocycles. The average molecular weight is 415 g/mol. The molecule has 2 aromatic carbocycles. The highest BCUT2D eigenvalue weighted by atomic mass is 19.1. The van der Waals surface area contributed by atoms with Crippen molar-refractivity contribution < 1.29 is 13.6 Å². The lowest BCUT2D eigenvalue weighted by Crippen LogP contribution is -2.49. The summed E-state index contributed by atoms with van der Waals surface area (Å²) in [5.41, 5.74) is 3.38. The van der Waals surface area contributed by atoms with Crippen LogP contribution in [-0.4, -0.2) is 43.2 Å². The van der Waals surface area contributed by atoms with Gasteiger partial charge in [0.05, 0.1) is 17.9 Å². The number of carbonyl (C=O) groups excluding carboxylic acids is 1. The summed E-state index contributed by atoms with van der Waals surface area (Å²) in [6.07, 6.45) is 1.59. The summed E-state index contributed by atoms with van der Waals surface area (Å²) in [5, 5.41) is 12.9. The van der Waals surface area contributed by atoms with Crippen LogP contribution < -0.4 is 21.3 Å². The Hall–Kier alpha value is -2.87. The second kappa shape index (κ2) is 9.30. The van der Waals surface area contributed by atoms with Crippen LogP contribution in [0.15, 0.2) is 36.4 Å². The molecule has 0 unspecified atom stereocenters. The first-order valence-electron chi connectivity index (χ1n) is 10.4. The molecule has 0 spiro atoms. The first-order valence-corrected chi connectivity index (χ1v) is 10.4. The zero-order valence-corrected chi connectivity index (χ0v) is 16.8. The van der Waals surface area contributed by atoms with E-state index < -0.39 is 11.6 Å². The van der Waals surface area contributed by atoms with E-state index in [2.05, 4.69) is 21.3 Å². The Balaban J connectivity index is 1.46. The monoisotopic (exact) mass is 415 g/mol. The quantitative estimate of drug-likeness (QED) is 0.605. The number of hydrogen-bond donors (Lipinski definition) is 4. The van der Waals surface area contributed by atoms with Crippen molar-refractivity contribution in [1.82, 2.24) is 15.5 Å². The Bertz CT molecular complexity index is 901. The summed E-state index contributed by atoms with van der Waals surface area (Å²) in [4.78, 5) is 14.7. The number of piperidine rings is 1. The second-order valence-electron chi connectivity index (χ2n) is 7.74. The lowest BCUT2D eigenvalue weighted by Gasteiger charge is -2.35. The number of benzene rings is 2. The van der Waals surface area contributed by atoms with Crippen LogP contribution in [0.5, 0.6) is 0 Å². The van der Waals surface area contributed by atoms with Gasteiger partial charge in [-0.1, -0.05) is 12.1 Å². The summed E-state index contributed by atoms with van der Waals surface area (Å²) < 4.78 is 27.5. The third kappa shape index (κ3) is 4.81. The van der Waals surface area contributed by atoms with Crippen LogP contribution in [0.1, 0.15) is 24.0 Å². The van der Waals surface area contributed by atoms with Crippen LogP contribution in [0.3, 0.4) is 0 Å². The Kier molecular flexibility index (Phi) is 6.32. The maximum atomic E-state index is 14.2. The Morgan fingerprint density at radius 3 is 2.53 bits per heavy atom. The minimum atomic E-state index is -0.630. The van der Waals surface area contributed by atoms with E-state index in [0.29, 0.717) is 12.1 Å². The first-order chi connectivity index (χ1) is 14.6. The molecule has 0 atom stereocenters. The molecule has 0 radical (unpaired) electrons. The number of anilines is 2. The zero-order valence-electron chi connectivity index (χ0n) is 16.8. The van der Waals surface area contributed by atoms with Crippen molar-refractivity contribution in [3.63, 3.8) is 0 Å². The van der Waals surface area contributed by atoms with E-state index in [1.54, 1.807) is 4.90 Å². The highest BCUT2D eigenvalue weighted by Gasteiger charge is 2.26. The number of nitrogens with zero attached hydrogens (tertiary/aromatic N) is 1. The van der Waals surface area contributed by atoms with E-state index in [-0.39, 0.29) is 18.6 Å². The second-order valence-corrected chi connectivity index (χ2v) is 7.74. The molecule has 2 aliphatic rings. The zero-order chi connectivity index (χ0) is 20.9. The number of nitrogens with one attached hydrogen (secondary N) is 4. The lowest BCUT2D eigenvalue weighted by molar-refractivity contribution is 0.153. The molecular weight excluding hydrogens is 388 g/mol. The van der Waals surface area contributed by atoms with Crippen LogP contribution in [0.25, 0.3) is 0 Å². The Labute approximate surface area is 175 Å². The van der Waals surface area contributed by atoms with Gasteiger partial charge < -0.3 is 26.2 Å². The SMILES string of the molecule is O=C(NCc1ccc2c(c1)NCCN2)N(Cc1ccc(F)cc1F)C1CCNCC1. The molecule has 0 saturated carbocycles. The van der Waals surface area contributed by atoms with Gasteiger partial charge >= 0.3 is 6.03 Å². The van der Waals surface area contributed by atoms with Crippen LogP contribution in [0.4, 0.5) is 25.0 Å². The standard InChI is InChI=1S/C22H27F2N5O/c23-17-3-2-16(19(24)12-17)14-29(18-5-7-25-8-6-18)22(30)28-13-15-1-4-20-21(11-15)27-10-9-26-20/h1-4,11-12,18,25-27H,5-10,13-14H2,(H,28,30). The summed E-state index contributed by atoms with van der Waals surface area (Å²) in [6.45, 7) is 3.84. The Morgan fingerprint density at radius 1 is 1.00 bits per heavy atom. The normalized spacial score (nSPS) is 16.2. The number of rotatable bonds is 5. The molecule has 2 amide bonds. The molecule has 1 saturated heterocycles. The van der Waals surface area contributed by atoms with Crippen LogP contribution in [0, 0.1) is 11.6 Å². The fourth-order valence-electron chi connectivity index (χ4n) is 3.99. The van der Waals surface area contributed by atoms with Gasteiger partial charge in [0.1, 0.15) is 11.6 Å². The average Bonchev–Trinajstić information content (AvgIpc) is 2.77. The van der Waals surface area contributed by atoms with Crippen molar-refractivity contribution in [2.24, 2.45) is 0 Å². The number of hydrogen-bond acceptors (Lipinski definition) is 4. The van der Waals surface area contributed by atoms with E-state index in [0.717, 1.165) is 62.0 Å². The van der Waals surface area contributed by atoms with Crippen LogP contribution in [0.2, 0.25) is 0 Å². The molecule has 160 valence electrons. The molecule has 0 aromatic heterocycles. The smallest absolute Gasteiger partial charge is 0.318 e. The fraction of sp³-hybridized carbons (Fsp3) is 0.409. The van der Waals surface area contributed by atoms with E-state index in [9.17, 15) is 13.6 Å². The third-order valence-corrected chi connectivity index (χ3v) is 5.65. The van der Waals surface area contributed by atoms with Gasteiger partial charge in [0.25, 0.3) is 0 Å². The molecule has 8 heteroatoms. The fourth-order valence-corrected chi connectivity index (χ4v) is 3.99. The van der Waals surface area contributed by atoms with Crippen LogP contribution >= 0.6 is 0 Å². The summed E-state index contributed by atoms with van der Waals surface area (Å²) in [5.74, 6) is -1.25. The van der Waals surface area contributed by atoms with Gasteiger partial charge in [-0.3, -0.25) is 0 Å². The van der Waals surface area contributed by atoms with E-state index in [1.807, 2.05) is 18.2 Å². The van der Waals surface area contributed by atoms with Crippen molar-refractivity contribution in [1.29, 1.82) is 0 Å². The molecule has 1 fully saturated rings. The van der Waals surface area contributed by atoms with Gasteiger partial charge in [-0.15, -0.1) is 0 Å². The largest absolute Gasteiger partial charge is 0.382 e. The number of urea groups is 1. The molecule has 6 nitrogen and oxygen atoms in total. The lowest BCUT2D eigenvalue weighted by atomic mass is 10.0. The first kappa shape index (κ1) is 20.4. The maximum Gasteiger partial charge on any atom is 0.318 e. The highest BCUT2D eigenvalue weighted by Crippen LogP contribution is 2.25. The van der Waals surface area contributed by atoms with Gasteiger partial charge in [-0.25, -0.2) is 13.6 Å². The van der Waals surface area contributed by atoms with Gasteiger partial charge in [-0.05, 0) is 49.7 Å². The maximum absolute atomic E-state index is 14.2. The van der Waals surface area contributed by atoms with E-state index >= 15 is 0 Å². The van der Waals surface area contributed by atoms with Crippen molar-refractivity contribution in [3.05, 3.63) is 59.2 Å². The Morgan fingerprint density at radius 2 is 1.77 bits per heavy atom. The van der Waals surface area contributed by atoms with Crippen LogP contribution in [-0.2, 0) is 13.1 Å². The van der Waals surface area contributed by atoms with Crippen molar-refractivity contribution in [3.8, 4) is 0 Å². The highest BCUT2D eigenvalue weighted by molar-refractivity contribution is 5.75. The molecule has 0 bridgehead atoms. The van der Waals surface area contributed by atoms with Gasteiger partial charge in [0.15, 0.2) is 0 Å². The predicted molar refractivity (Wildman–Crippen MR) is 113 cm³/mol. The number of halogens is 2. The number of amides is 2. The number of fused-ring (bicyclic) bond motifs is 1. The summed E-state index contributed by atoms with van der Waals surface area (Å²) in [6, 6.07) is 9.27. The molecule has 4 rings (SSSR count). The van der Waals surface area contributed by atoms with Gasteiger partial charge in [0, 0.05) is 37.3 Å². The molecule has 4 N–H and O–H groups in total. The topological polar surface area (TPSA) is 68.4 Å². The van der Waals surface area contributed by atoms with E-state index in [1.165, 1.54) is 12.1 Å². The van der Waals surface area contributed by atoms with Crippen molar-refractivity contribution in [2.45, 2.75) is 32.0 Å². The predicted octanol–water partition coefficient (Wildman–Crippen LogP) is 3.27. The van der Waals surface area contributed by atoms with Crippen molar-refractivity contribution in [2.75, 3.05) is 36.8 Å². The van der Waals surface area contributed by atoms with Gasteiger partial charge in [0.2, 0.25) is 0 Å². The third-order valence-electron chi connectivity index (χ3n) is 5.65. The molecule has 30 heavy (non-hydrogen) atoms. The van der Waals surface area contributed by atoms with Gasteiger partial charge in [-0.2, -0.15) is 0 Å². The summed E-state index contributed by atoms with van der Waals surface area (Å²) in [7, 11) is 0. The van der Waals surface area contributed by atoms with Crippen molar-refractivity contribution >= 4 is 17.4 Å². The minimum absolute atomic E-state index is 0.00472. The minimum Gasteiger partial charge on any atom is -0.382 e. The number of carbonyl (C=O) groups is 1. The molecule has 2 heterocycles. The molecular formula is C22H27F2N5O. The summed E-state index contributed by atoms with van der Waals surface area (Å²) >= 11 is 0. The van der Waals surface area contributed by atoms with E-state index in [4.69, 9.17) is 0 Å². The molecule has 0 aliphatic carbocycles. The molecule has 2 aromatic rings.